The van der Waals surface area contributed by atoms with E-state index in [1.807, 2.05) is 0 Å². The van der Waals surface area contributed by atoms with Crippen LogP contribution >= 0.6 is 15.9 Å². The molecular formula is C11H18BrN2. The molecule has 0 saturated carbocycles. The van der Waals surface area contributed by atoms with Gasteiger partial charge in [-0.3, -0.25) is 4.90 Å². The van der Waals surface area contributed by atoms with E-state index in [1.54, 1.807) is 5.57 Å². The Labute approximate surface area is 94.9 Å². The molecule has 1 saturated heterocycles. The first kappa shape index (κ1) is 10.7. The van der Waals surface area contributed by atoms with E-state index in [-0.39, 0.29) is 0 Å². The SMILES string of the molecule is BrC1=C(CN2CC[N]CC2)CCCC1. The van der Waals surface area contributed by atoms with Gasteiger partial charge in [0.15, 0.2) is 0 Å². The molecular weight excluding hydrogens is 240 g/mol. The lowest BCUT2D eigenvalue weighted by atomic mass is 9.99. The molecule has 0 amide bonds. The summed E-state index contributed by atoms with van der Waals surface area (Å²) in [6.07, 6.45) is 5.30. The Bertz CT molecular complexity index is 219. The Hall–Kier alpha value is 0.140. The van der Waals surface area contributed by atoms with Crippen molar-refractivity contribution >= 4 is 15.9 Å². The van der Waals surface area contributed by atoms with E-state index in [4.69, 9.17) is 0 Å². The average Bonchev–Trinajstić information content (AvgIpc) is 2.23. The van der Waals surface area contributed by atoms with Crippen molar-refractivity contribution in [1.82, 2.24) is 10.2 Å². The molecule has 0 aromatic rings. The van der Waals surface area contributed by atoms with Gasteiger partial charge in [-0.05, 0) is 35.7 Å². The monoisotopic (exact) mass is 257 g/mol. The second-order valence-electron chi connectivity index (χ2n) is 4.16. The second kappa shape index (κ2) is 5.29. The molecule has 1 fully saturated rings. The van der Waals surface area contributed by atoms with E-state index in [0.29, 0.717) is 0 Å². The van der Waals surface area contributed by atoms with Gasteiger partial charge in [0.1, 0.15) is 0 Å². The number of allylic oxidation sites excluding steroid dienone is 1. The molecule has 1 aliphatic carbocycles. The maximum atomic E-state index is 4.37. The highest BCUT2D eigenvalue weighted by Gasteiger charge is 2.16. The molecule has 0 N–H and O–H groups in total. The van der Waals surface area contributed by atoms with Gasteiger partial charge in [0.2, 0.25) is 0 Å². The van der Waals surface area contributed by atoms with Gasteiger partial charge in [-0.15, -0.1) is 0 Å². The van der Waals surface area contributed by atoms with E-state index in [0.717, 1.165) is 26.2 Å². The molecule has 3 heteroatoms. The maximum absolute atomic E-state index is 4.37. The van der Waals surface area contributed by atoms with Crippen LogP contribution < -0.4 is 5.32 Å². The molecule has 1 radical (unpaired) electrons. The summed E-state index contributed by atoms with van der Waals surface area (Å²) in [7, 11) is 0. The van der Waals surface area contributed by atoms with Crippen LogP contribution in [0.5, 0.6) is 0 Å². The van der Waals surface area contributed by atoms with Crippen molar-refractivity contribution < 1.29 is 0 Å². The van der Waals surface area contributed by atoms with E-state index < -0.39 is 0 Å². The van der Waals surface area contributed by atoms with Crippen molar-refractivity contribution in [3.63, 3.8) is 0 Å². The second-order valence-corrected chi connectivity index (χ2v) is 5.12. The minimum absolute atomic E-state index is 1.03. The fraction of sp³-hybridized carbons (Fsp3) is 0.818. The lowest BCUT2D eigenvalue weighted by molar-refractivity contribution is 0.253. The summed E-state index contributed by atoms with van der Waals surface area (Å²) in [5.74, 6) is 0. The zero-order valence-corrected chi connectivity index (χ0v) is 10.2. The largest absolute Gasteiger partial charge is 0.297 e. The molecule has 0 atom stereocenters. The number of halogens is 1. The molecule has 0 bridgehead atoms. The zero-order chi connectivity index (χ0) is 9.80. The van der Waals surface area contributed by atoms with Gasteiger partial charge >= 0.3 is 0 Å². The standard InChI is InChI=1S/C11H18BrN2/c12-11-4-2-1-3-10(11)9-14-7-5-13-6-8-14/h1-9H2. The van der Waals surface area contributed by atoms with Crippen molar-refractivity contribution in [2.45, 2.75) is 25.7 Å². The molecule has 1 aliphatic heterocycles. The summed E-state index contributed by atoms with van der Waals surface area (Å²) in [4.78, 5) is 2.54. The molecule has 1 heterocycles. The topological polar surface area (TPSA) is 17.3 Å². The molecule has 0 aromatic heterocycles. The first-order valence-corrected chi connectivity index (χ1v) is 6.37. The highest BCUT2D eigenvalue weighted by molar-refractivity contribution is 9.11. The van der Waals surface area contributed by atoms with Gasteiger partial charge in [0.25, 0.3) is 0 Å². The maximum Gasteiger partial charge on any atom is 0.0261 e. The Morgan fingerprint density at radius 3 is 2.57 bits per heavy atom. The van der Waals surface area contributed by atoms with Gasteiger partial charge in [0.05, 0.1) is 0 Å². The van der Waals surface area contributed by atoms with Crippen molar-refractivity contribution in [3.05, 3.63) is 10.1 Å². The average molecular weight is 258 g/mol. The lowest BCUT2D eigenvalue weighted by Crippen LogP contribution is -2.41. The predicted octanol–water partition coefficient (Wildman–Crippen LogP) is 2.13. The van der Waals surface area contributed by atoms with Crippen LogP contribution in [0.25, 0.3) is 0 Å². The minimum Gasteiger partial charge on any atom is -0.297 e. The van der Waals surface area contributed by atoms with E-state index in [9.17, 15) is 0 Å². The first-order valence-electron chi connectivity index (χ1n) is 5.58. The van der Waals surface area contributed by atoms with Gasteiger partial charge in [-0.2, -0.15) is 0 Å². The number of hydrogen-bond acceptors (Lipinski definition) is 1. The van der Waals surface area contributed by atoms with Crippen molar-refractivity contribution in [1.29, 1.82) is 0 Å². The third kappa shape index (κ3) is 2.81. The van der Waals surface area contributed by atoms with Crippen molar-refractivity contribution in [2.75, 3.05) is 32.7 Å². The Morgan fingerprint density at radius 2 is 1.86 bits per heavy atom. The molecule has 14 heavy (non-hydrogen) atoms. The molecule has 2 aliphatic rings. The highest BCUT2D eigenvalue weighted by atomic mass is 79.9. The van der Waals surface area contributed by atoms with Crippen LogP contribution in [0.15, 0.2) is 10.1 Å². The smallest absolute Gasteiger partial charge is 0.0261 e. The van der Waals surface area contributed by atoms with Crippen molar-refractivity contribution in [3.8, 4) is 0 Å². The Balaban J connectivity index is 1.88. The molecule has 2 rings (SSSR count). The van der Waals surface area contributed by atoms with Crippen LogP contribution in [0.4, 0.5) is 0 Å². The fourth-order valence-electron chi connectivity index (χ4n) is 2.17. The normalized spacial score (nSPS) is 25.5. The number of nitrogens with zero attached hydrogens (tertiary/aromatic N) is 2. The summed E-state index contributed by atoms with van der Waals surface area (Å²) < 4.78 is 1.48. The van der Waals surface area contributed by atoms with Gasteiger partial charge < -0.3 is 0 Å². The van der Waals surface area contributed by atoms with Crippen LogP contribution in [0.3, 0.4) is 0 Å². The van der Waals surface area contributed by atoms with Crippen LogP contribution in [-0.2, 0) is 0 Å². The molecule has 2 nitrogen and oxygen atoms in total. The van der Waals surface area contributed by atoms with Gasteiger partial charge in [-0.25, -0.2) is 5.32 Å². The van der Waals surface area contributed by atoms with Crippen LogP contribution in [0.2, 0.25) is 0 Å². The fourth-order valence-corrected chi connectivity index (χ4v) is 2.78. The number of hydrogen-bond donors (Lipinski definition) is 0. The van der Waals surface area contributed by atoms with E-state index in [1.165, 1.54) is 36.7 Å². The highest BCUT2D eigenvalue weighted by Crippen LogP contribution is 2.29. The third-order valence-corrected chi connectivity index (χ3v) is 4.03. The van der Waals surface area contributed by atoms with Crippen LogP contribution in [0, 0.1) is 0 Å². The Kier molecular flexibility index (Phi) is 4.02. The summed E-state index contributed by atoms with van der Waals surface area (Å²) in [6.45, 7) is 5.56. The zero-order valence-electron chi connectivity index (χ0n) is 8.64. The van der Waals surface area contributed by atoms with Crippen molar-refractivity contribution in [2.24, 2.45) is 0 Å². The summed E-state index contributed by atoms with van der Waals surface area (Å²) in [6, 6.07) is 0. The minimum atomic E-state index is 1.03. The van der Waals surface area contributed by atoms with Gasteiger partial charge in [-0.1, -0.05) is 15.9 Å². The van der Waals surface area contributed by atoms with Crippen LogP contribution in [0.1, 0.15) is 25.7 Å². The number of piperazine rings is 1. The van der Waals surface area contributed by atoms with E-state index >= 15 is 0 Å². The van der Waals surface area contributed by atoms with Crippen LogP contribution in [-0.4, -0.2) is 37.6 Å². The first-order chi connectivity index (χ1) is 6.86. The van der Waals surface area contributed by atoms with E-state index in [2.05, 4.69) is 26.1 Å². The summed E-state index contributed by atoms with van der Waals surface area (Å²) in [5.41, 5.74) is 1.64. The summed E-state index contributed by atoms with van der Waals surface area (Å²) >= 11 is 3.71. The molecule has 0 aromatic carbocycles. The van der Waals surface area contributed by atoms with Gasteiger partial charge in [0, 0.05) is 32.7 Å². The third-order valence-electron chi connectivity index (χ3n) is 3.07. The summed E-state index contributed by atoms with van der Waals surface area (Å²) in [5, 5.41) is 4.37. The lowest BCUT2D eigenvalue weighted by Gasteiger charge is -2.29. The predicted molar refractivity (Wildman–Crippen MR) is 62.7 cm³/mol. The molecule has 79 valence electrons. The quantitative estimate of drug-likeness (QED) is 0.741. The Morgan fingerprint density at radius 1 is 1.14 bits per heavy atom. The molecule has 0 spiro atoms. The molecule has 0 unspecified atom stereocenters. The number of rotatable bonds is 2.